The van der Waals surface area contributed by atoms with Crippen LogP contribution in [0.5, 0.6) is 5.75 Å². The summed E-state index contributed by atoms with van der Waals surface area (Å²) in [5.74, 6) is 0.124. The van der Waals surface area contributed by atoms with E-state index in [0.29, 0.717) is 5.75 Å². The maximum atomic E-state index is 12.1. The zero-order valence-electron chi connectivity index (χ0n) is 12.5. The lowest BCUT2D eigenvalue weighted by Crippen LogP contribution is -2.35. The average Bonchev–Trinajstić information content (AvgIpc) is 2.76. The molecule has 0 aromatic heterocycles. The van der Waals surface area contributed by atoms with Crippen LogP contribution in [0.1, 0.15) is 6.42 Å². The first-order valence-corrected chi connectivity index (χ1v) is 7.15. The van der Waals surface area contributed by atoms with Gasteiger partial charge in [-0.2, -0.15) is 0 Å². The molecule has 8 heteroatoms. The monoisotopic (exact) mass is 308 g/mol. The predicted molar refractivity (Wildman–Crippen MR) is 82.2 cm³/mol. The van der Waals surface area contributed by atoms with Crippen LogP contribution in [0.15, 0.2) is 18.2 Å². The molecule has 0 aliphatic carbocycles. The second kappa shape index (κ2) is 7.71. The largest absolute Gasteiger partial charge is 0.496 e. The first-order valence-electron chi connectivity index (χ1n) is 7.15. The smallest absolute Gasteiger partial charge is 0.296 e. The topological polar surface area (TPSA) is 96.7 Å². The number of ether oxygens (including phenoxy) is 1. The minimum absolute atomic E-state index is 0.176. The van der Waals surface area contributed by atoms with Gasteiger partial charge < -0.3 is 15.4 Å². The summed E-state index contributed by atoms with van der Waals surface area (Å²) in [6, 6.07) is 4.36. The Morgan fingerprint density at radius 1 is 1.45 bits per heavy atom. The van der Waals surface area contributed by atoms with Gasteiger partial charge in [0.25, 0.3) is 5.69 Å². The molecule has 1 aromatic carbocycles. The summed E-state index contributed by atoms with van der Waals surface area (Å²) in [6.45, 7) is 3.64. The third kappa shape index (κ3) is 4.40. The Balaban J connectivity index is 2.02. The van der Waals surface area contributed by atoms with Crippen molar-refractivity contribution in [2.75, 3.05) is 45.2 Å². The third-order valence-electron chi connectivity index (χ3n) is 3.48. The summed E-state index contributed by atoms with van der Waals surface area (Å²) in [4.78, 5) is 24.7. The second-order valence-electron chi connectivity index (χ2n) is 5.07. The van der Waals surface area contributed by atoms with Crippen molar-refractivity contribution >= 4 is 17.3 Å². The van der Waals surface area contributed by atoms with Gasteiger partial charge in [0.1, 0.15) is 11.4 Å². The van der Waals surface area contributed by atoms with Gasteiger partial charge in [-0.05, 0) is 31.6 Å². The number of anilines is 1. The first-order chi connectivity index (χ1) is 10.6. The van der Waals surface area contributed by atoms with Crippen LogP contribution in [0.25, 0.3) is 0 Å². The van der Waals surface area contributed by atoms with Crippen molar-refractivity contribution in [2.24, 2.45) is 0 Å². The second-order valence-corrected chi connectivity index (χ2v) is 5.07. The van der Waals surface area contributed by atoms with E-state index in [1.807, 2.05) is 4.90 Å². The molecular formula is C14H20N4O4. The number of hydrogen-bond acceptors (Lipinski definition) is 6. The highest BCUT2D eigenvalue weighted by atomic mass is 16.6. The van der Waals surface area contributed by atoms with E-state index in [-0.39, 0.29) is 23.8 Å². The summed E-state index contributed by atoms with van der Waals surface area (Å²) < 4.78 is 4.97. The molecule has 1 fully saturated rings. The lowest BCUT2D eigenvalue weighted by Gasteiger charge is -2.18. The molecule has 120 valence electrons. The molecule has 0 spiro atoms. The molecule has 0 unspecified atom stereocenters. The Kier molecular flexibility index (Phi) is 5.68. The maximum Gasteiger partial charge on any atom is 0.296 e. The van der Waals surface area contributed by atoms with E-state index in [9.17, 15) is 14.9 Å². The highest BCUT2D eigenvalue weighted by molar-refractivity contribution is 5.94. The number of benzene rings is 1. The van der Waals surface area contributed by atoms with Gasteiger partial charge in [0, 0.05) is 13.1 Å². The SMILES string of the molecule is COc1ccc(NC(=O)CN2CCCNCC2)c([N+](=O)[O-])c1. The van der Waals surface area contributed by atoms with E-state index >= 15 is 0 Å². The van der Waals surface area contributed by atoms with Gasteiger partial charge in [0.15, 0.2) is 0 Å². The van der Waals surface area contributed by atoms with Crippen LogP contribution >= 0.6 is 0 Å². The van der Waals surface area contributed by atoms with Crippen LogP contribution in [0.2, 0.25) is 0 Å². The summed E-state index contributed by atoms with van der Waals surface area (Å²) in [5, 5.41) is 17.0. The van der Waals surface area contributed by atoms with E-state index in [4.69, 9.17) is 4.74 Å². The Labute approximate surface area is 128 Å². The van der Waals surface area contributed by atoms with Crippen molar-refractivity contribution in [1.29, 1.82) is 0 Å². The molecule has 2 rings (SSSR count). The Bertz CT molecular complexity index is 542. The van der Waals surface area contributed by atoms with Crippen molar-refractivity contribution in [1.82, 2.24) is 10.2 Å². The molecule has 0 bridgehead atoms. The van der Waals surface area contributed by atoms with Gasteiger partial charge in [-0.3, -0.25) is 19.8 Å². The van der Waals surface area contributed by atoms with Crippen LogP contribution in [-0.4, -0.2) is 55.6 Å². The van der Waals surface area contributed by atoms with Crippen molar-refractivity contribution in [2.45, 2.75) is 6.42 Å². The van der Waals surface area contributed by atoms with Crippen LogP contribution in [0.4, 0.5) is 11.4 Å². The number of methoxy groups -OCH3 is 1. The Morgan fingerprint density at radius 2 is 2.27 bits per heavy atom. The molecule has 1 amide bonds. The molecule has 1 heterocycles. The number of amides is 1. The van der Waals surface area contributed by atoms with Crippen molar-refractivity contribution in [3.05, 3.63) is 28.3 Å². The van der Waals surface area contributed by atoms with Gasteiger partial charge in [-0.15, -0.1) is 0 Å². The number of nitro benzene ring substituents is 1. The molecule has 8 nitrogen and oxygen atoms in total. The summed E-state index contributed by atoms with van der Waals surface area (Å²) in [5.41, 5.74) is 0.00831. The third-order valence-corrected chi connectivity index (χ3v) is 3.48. The molecule has 0 atom stereocenters. The molecule has 1 saturated heterocycles. The summed E-state index contributed by atoms with van der Waals surface area (Å²) in [7, 11) is 1.44. The lowest BCUT2D eigenvalue weighted by molar-refractivity contribution is -0.384. The first kappa shape index (κ1) is 16.2. The van der Waals surface area contributed by atoms with E-state index in [1.54, 1.807) is 6.07 Å². The summed E-state index contributed by atoms with van der Waals surface area (Å²) >= 11 is 0. The molecule has 1 aliphatic rings. The van der Waals surface area contributed by atoms with E-state index in [1.165, 1.54) is 19.2 Å². The van der Waals surface area contributed by atoms with Crippen LogP contribution < -0.4 is 15.4 Å². The quantitative estimate of drug-likeness (QED) is 0.618. The molecule has 1 aliphatic heterocycles. The number of hydrogen-bond donors (Lipinski definition) is 2. The average molecular weight is 308 g/mol. The Hall–Kier alpha value is -2.19. The number of carbonyl (C=O) groups is 1. The molecule has 2 N–H and O–H groups in total. The number of nitrogens with zero attached hydrogens (tertiary/aromatic N) is 2. The molecule has 22 heavy (non-hydrogen) atoms. The van der Waals surface area contributed by atoms with Crippen LogP contribution in [0, 0.1) is 10.1 Å². The fraction of sp³-hybridized carbons (Fsp3) is 0.500. The van der Waals surface area contributed by atoms with Crippen molar-refractivity contribution in [3.8, 4) is 5.75 Å². The zero-order chi connectivity index (χ0) is 15.9. The van der Waals surface area contributed by atoms with Crippen molar-refractivity contribution in [3.63, 3.8) is 0 Å². The number of nitrogens with one attached hydrogen (secondary N) is 2. The van der Waals surface area contributed by atoms with E-state index in [0.717, 1.165) is 32.6 Å². The lowest BCUT2D eigenvalue weighted by atomic mass is 10.2. The fourth-order valence-corrected chi connectivity index (χ4v) is 2.35. The van der Waals surface area contributed by atoms with Crippen LogP contribution in [0.3, 0.4) is 0 Å². The minimum atomic E-state index is -0.534. The van der Waals surface area contributed by atoms with Crippen molar-refractivity contribution < 1.29 is 14.5 Å². The maximum absolute atomic E-state index is 12.1. The zero-order valence-corrected chi connectivity index (χ0v) is 12.5. The predicted octanol–water partition coefficient (Wildman–Crippen LogP) is 0.837. The standard InChI is InChI=1S/C14H20N4O4/c1-22-11-3-4-12(13(9-11)18(20)21)16-14(19)10-17-7-2-5-15-6-8-17/h3-4,9,15H,2,5-8,10H2,1H3,(H,16,19). The van der Waals surface area contributed by atoms with E-state index in [2.05, 4.69) is 10.6 Å². The van der Waals surface area contributed by atoms with Gasteiger partial charge in [0.2, 0.25) is 5.91 Å². The van der Waals surface area contributed by atoms with Crippen LogP contribution in [-0.2, 0) is 4.79 Å². The van der Waals surface area contributed by atoms with Gasteiger partial charge >= 0.3 is 0 Å². The summed E-state index contributed by atoms with van der Waals surface area (Å²) in [6.07, 6.45) is 0.982. The molecule has 0 saturated carbocycles. The molecular weight excluding hydrogens is 288 g/mol. The molecule has 1 aromatic rings. The Morgan fingerprint density at radius 3 is 3.00 bits per heavy atom. The minimum Gasteiger partial charge on any atom is -0.496 e. The normalized spacial score (nSPS) is 15.9. The van der Waals surface area contributed by atoms with Gasteiger partial charge in [0.05, 0.1) is 24.6 Å². The number of carbonyl (C=O) groups excluding carboxylic acids is 1. The van der Waals surface area contributed by atoms with Gasteiger partial charge in [-0.25, -0.2) is 0 Å². The number of rotatable bonds is 5. The van der Waals surface area contributed by atoms with Gasteiger partial charge in [-0.1, -0.05) is 0 Å². The fourth-order valence-electron chi connectivity index (χ4n) is 2.35. The molecule has 0 radical (unpaired) electrons. The highest BCUT2D eigenvalue weighted by Crippen LogP contribution is 2.28. The van der Waals surface area contributed by atoms with E-state index < -0.39 is 4.92 Å². The number of nitro groups is 1. The highest BCUT2D eigenvalue weighted by Gasteiger charge is 2.19.